The van der Waals surface area contributed by atoms with Gasteiger partial charge in [0.15, 0.2) is 0 Å². The summed E-state index contributed by atoms with van der Waals surface area (Å²) >= 11 is 0. The van der Waals surface area contributed by atoms with Crippen LogP contribution in [0.2, 0.25) is 0 Å². The number of carbonyl (C=O) groups excluding carboxylic acids is 2. The van der Waals surface area contributed by atoms with Crippen LogP contribution in [0.25, 0.3) is 0 Å². The van der Waals surface area contributed by atoms with Crippen molar-refractivity contribution in [3.05, 3.63) is 46.8 Å². The molecule has 6 nitrogen and oxygen atoms in total. The molecule has 1 aliphatic carbocycles. The minimum atomic E-state index is -1.06. The summed E-state index contributed by atoms with van der Waals surface area (Å²) in [7, 11) is 0. The Balaban J connectivity index is 1.74. The van der Waals surface area contributed by atoms with Gasteiger partial charge in [-0.15, -0.1) is 0 Å². The number of aryl methyl sites for hydroxylation is 2. The van der Waals surface area contributed by atoms with Gasteiger partial charge in [-0.1, -0.05) is 63.6 Å². The van der Waals surface area contributed by atoms with Crippen LogP contribution in [0.4, 0.5) is 5.69 Å². The standard InChI is InChI=1S/C27H38N4O2/c1-18(2)22-16-24-25(32)31(23-14-13-19(3)15-20(23)4)27(5,17-30(24)29-22)26(33)28-21-11-9-7-6-8-10-12-21/h13-16,18,21H,6-12,17H2,1-5H3,(H,28,33). The number of hydrogen-bond acceptors (Lipinski definition) is 3. The van der Waals surface area contributed by atoms with Gasteiger partial charge >= 0.3 is 0 Å². The molecule has 2 aromatic rings. The molecule has 0 saturated heterocycles. The molecule has 0 spiro atoms. The van der Waals surface area contributed by atoms with Gasteiger partial charge in [-0.25, -0.2) is 0 Å². The van der Waals surface area contributed by atoms with E-state index in [2.05, 4.69) is 25.2 Å². The Morgan fingerprint density at radius 1 is 1.09 bits per heavy atom. The Morgan fingerprint density at radius 3 is 2.39 bits per heavy atom. The molecule has 0 radical (unpaired) electrons. The first kappa shape index (κ1) is 23.5. The monoisotopic (exact) mass is 450 g/mol. The average molecular weight is 451 g/mol. The van der Waals surface area contributed by atoms with E-state index in [4.69, 9.17) is 5.10 Å². The highest BCUT2D eigenvalue weighted by Gasteiger charge is 2.49. The van der Waals surface area contributed by atoms with Gasteiger partial charge in [-0.3, -0.25) is 19.2 Å². The molecule has 2 aliphatic rings. The number of fused-ring (bicyclic) bond motifs is 1. The van der Waals surface area contributed by atoms with Crippen LogP contribution in [0.15, 0.2) is 24.3 Å². The summed E-state index contributed by atoms with van der Waals surface area (Å²) in [4.78, 5) is 29.5. The largest absolute Gasteiger partial charge is 0.351 e. The molecule has 2 heterocycles. The van der Waals surface area contributed by atoms with Crippen LogP contribution in [-0.2, 0) is 11.3 Å². The zero-order valence-electron chi connectivity index (χ0n) is 20.8. The smallest absolute Gasteiger partial charge is 0.277 e. The first-order valence-electron chi connectivity index (χ1n) is 12.5. The Bertz CT molecular complexity index is 1030. The van der Waals surface area contributed by atoms with Gasteiger partial charge in [0.05, 0.1) is 12.2 Å². The van der Waals surface area contributed by atoms with Crippen LogP contribution < -0.4 is 10.2 Å². The second-order valence-electron chi connectivity index (χ2n) is 10.5. The lowest BCUT2D eigenvalue weighted by molar-refractivity contribution is -0.127. The number of benzene rings is 1. The van der Waals surface area contributed by atoms with Crippen molar-refractivity contribution in [2.24, 2.45) is 0 Å². The summed E-state index contributed by atoms with van der Waals surface area (Å²) in [6, 6.07) is 8.10. The van der Waals surface area contributed by atoms with Crippen LogP contribution in [-0.4, -0.2) is 33.2 Å². The fourth-order valence-electron chi connectivity index (χ4n) is 5.26. The van der Waals surface area contributed by atoms with E-state index in [1.807, 2.05) is 39.0 Å². The number of carbonyl (C=O) groups is 2. The topological polar surface area (TPSA) is 67.2 Å². The van der Waals surface area contributed by atoms with E-state index in [1.165, 1.54) is 19.3 Å². The molecular weight excluding hydrogens is 412 g/mol. The van der Waals surface area contributed by atoms with E-state index in [0.29, 0.717) is 12.2 Å². The zero-order valence-corrected chi connectivity index (χ0v) is 20.8. The number of rotatable bonds is 4. The molecule has 4 rings (SSSR count). The molecule has 1 saturated carbocycles. The zero-order chi connectivity index (χ0) is 23.8. The molecule has 1 aromatic carbocycles. The SMILES string of the molecule is Cc1ccc(N2C(=O)c3cc(C(C)C)nn3CC2(C)C(=O)NC2CCCCCCC2)c(C)c1. The summed E-state index contributed by atoms with van der Waals surface area (Å²) in [6.07, 6.45) is 8.03. The molecule has 1 unspecified atom stereocenters. The summed E-state index contributed by atoms with van der Waals surface area (Å²) in [6.45, 7) is 10.4. The lowest BCUT2D eigenvalue weighted by Gasteiger charge is -2.44. The quantitative estimate of drug-likeness (QED) is 0.690. The van der Waals surface area contributed by atoms with Crippen molar-refractivity contribution in [2.45, 2.75) is 104 Å². The molecule has 6 heteroatoms. The van der Waals surface area contributed by atoms with Crippen molar-refractivity contribution in [3.63, 3.8) is 0 Å². The van der Waals surface area contributed by atoms with Crippen LogP contribution in [0.5, 0.6) is 0 Å². The normalized spacial score (nSPS) is 22.1. The van der Waals surface area contributed by atoms with Crippen LogP contribution in [0.3, 0.4) is 0 Å². The lowest BCUT2D eigenvalue weighted by Crippen LogP contribution is -2.65. The summed E-state index contributed by atoms with van der Waals surface area (Å²) < 4.78 is 1.75. The van der Waals surface area contributed by atoms with Crippen molar-refractivity contribution in [3.8, 4) is 0 Å². The molecule has 1 fully saturated rings. The van der Waals surface area contributed by atoms with Gasteiger partial charge in [0, 0.05) is 11.7 Å². The molecular formula is C27H38N4O2. The maximum atomic E-state index is 13.9. The second kappa shape index (κ2) is 9.32. The molecule has 2 amide bonds. The predicted octanol–water partition coefficient (Wildman–Crippen LogP) is 5.27. The predicted molar refractivity (Wildman–Crippen MR) is 132 cm³/mol. The van der Waals surface area contributed by atoms with Crippen LogP contribution >= 0.6 is 0 Å². The molecule has 178 valence electrons. The third-order valence-corrected chi connectivity index (χ3v) is 7.29. The number of hydrogen-bond donors (Lipinski definition) is 1. The Hall–Kier alpha value is -2.63. The first-order valence-corrected chi connectivity index (χ1v) is 12.5. The molecule has 33 heavy (non-hydrogen) atoms. The van der Waals surface area contributed by atoms with E-state index >= 15 is 0 Å². The Kier molecular flexibility index (Phi) is 6.64. The van der Waals surface area contributed by atoms with E-state index in [0.717, 1.165) is 48.2 Å². The lowest BCUT2D eigenvalue weighted by atomic mass is 9.91. The number of amides is 2. The fourth-order valence-corrected chi connectivity index (χ4v) is 5.26. The van der Waals surface area contributed by atoms with Crippen LogP contribution in [0, 0.1) is 13.8 Å². The van der Waals surface area contributed by atoms with E-state index in [-0.39, 0.29) is 23.8 Å². The van der Waals surface area contributed by atoms with Gasteiger partial charge in [-0.2, -0.15) is 5.10 Å². The number of anilines is 1. The molecule has 1 aromatic heterocycles. The Morgan fingerprint density at radius 2 is 1.76 bits per heavy atom. The van der Waals surface area contributed by atoms with E-state index in [1.54, 1.807) is 9.58 Å². The molecule has 1 atom stereocenters. The van der Waals surface area contributed by atoms with E-state index in [9.17, 15) is 9.59 Å². The van der Waals surface area contributed by atoms with Crippen molar-refractivity contribution in [2.75, 3.05) is 4.90 Å². The minimum absolute atomic E-state index is 0.0892. The van der Waals surface area contributed by atoms with Crippen molar-refractivity contribution in [1.82, 2.24) is 15.1 Å². The Labute approximate surface area is 197 Å². The number of nitrogens with one attached hydrogen (secondary N) is 1. The molecule has 0 bridgehead atoms. The van der Waals surface area contributed by atoms with Gasteiger partial charge in [0.25, 0.3) is 5.91 Å². The summed E-state index contributed by atoms with van der Waals surface area (Å²) in [5.41, 5.74) is 3.28. The molecule has 1 N–H and O–H groups in total. The van der Waals surface area contributed by atoms with Gasteiger partial charge in [0.1, 0.15) is 11.2 Å². The summed E-state index contributed by atoms with van der Waals surface area (Å²) in [5.74, 6) is -0.0444. The van der Waals surface area contributed by atoms with Crippen LogP contribution in [0.1, 0.15) is 98.9 Å². The fraction of sp³-hybridized carbons (Fsp3) is 0.593. The molecule has 1 aliphatic heterocycles. The van der Waals surface area contributed by atoms with Crippen molar-refractivity contribution in [1.29, 1.82) is 0 Å². The number of aromatic nitrogens is 2. The first-order chi connectivity index (χ1) is 15.7. The highest BCUT2D eigenvalue weighted by molar-refractivity contribution is 6.12. The maximum absolute atomic E-state index is 13.9. The second-order valence-corrected chi connectivity index (χ2v) is 10.5. The third kappa shape index (κ3) is 4.57. The number of nitrogens with zero attached hydrogens (tertiary/aromatic N) is 3. The van der Waals surface area contributed by atoms with Crippen molar-refractivity contribution < 1.29 is 9.59 Å². The highest BCUT2D eigenvalue weighted by atomic mass is 16.2. The maximum Gasteiger partial charge on any atom is 0.277 e. The highest BCUT2D eigenvalue weighted by Crippen LogP contribution is 2.36. The van der Waals surface area contributed by atoms with Crippen molar-refractivity contribution >= 4 is 17.5 Å². The van der Waals surface area contributed by atoms with Gasteiger partial charge in [-0.05, 0) is 57.2 Å². The minimum Gasteiger partial charge on any atom is -0.351 e. The van der Waals surface area contributed by atoms with E-state index < -0.39 is 5.54 Å². The third-order valence-electron chi connectivity index (χ3n) is 7.29. The average Bonchev–Trinajstić information content (AvgIpc) is 3.15. The van der Waals surface area contributed by atoms with Gasteiger partial charge < -0.3 is 5.32 Å². The van der Waals surface area contributed by atoms with Gasteiger partial charge in [0.2, 0.25) is 5.91 Å². The summed E-state index contributed by atoms with van der Waals surface area (Å²) in [5, 5.41) is 8.04.